The Morgan fingerprint density at radius 3 is 2.60 bits per heavy atom. The van der Waals surface area contributed by atoms with Gasteiger partial charge in [0.25, 0.3) is 0 Å². The van der Waals surface area contributed by atoms with Gasteiger partial charge in [-0.1, -0.05) is 48.5 Å². The van der Waals surface area contributed by atoms with E-state index in [2.05, 4.69) is 41.1 Å². The fraction of sp³-hybridized carbons (Fsp3) is 0.238. The molecule has 0 unspecified atom stereocenters. The van der Waals surface area contributed by atoms with Crippen LogP contribution < -0.4 is 5.43 Å². The van der Waals surface area contributed by atoms with Crippen LogP contribution in [-0.2, 0) is 17.8 Å². The molecule has 25 heavy (non-hydrogen) atoms. The molecule has 0 aliphatic carbocycles. The van der Waals surface area contributed by atoms with Crippen LogP contribution in [0.4, 0.5) is 0 Å². The van der Waals surface area contributed by atoms with Gasteiger partial charge in [0.2, 0.25) is 5.91 Å². The quantitative estimate of drug-likeness (QED) is 0.537. The van der Waals surface area contributed by atoms with E-state index in [0.29, 0.717) is 6.42 Å². The van der Waals surface area contributed by atoms with Gasteiger partial charge in [0.1, 0.15) is 0 Å². The number of fused-ring (bicyclic) bond motifs is 1. The average Bonchev–Trinajstić information content (AvgIpc) is 2.92. The van der Waals surface area contributed by atoms with Crippen LogP contribution >= 0.6 is 0 Å². The molecule has 0 aliphatic heterocycles. The minimum absolute atomic E-state index is 0.0722. The van der Waals surface area contributed by atoms with Crippen molar-refractivity contribution >= 4 is 23.0 Å². The van der Waals surface area contributed by atoms with Crippen LogP contribution in [0.5, 0.6) is 0 Å². The van der Waals surface area contributed by atoms with Gasteiger partial charge in [-0.2, -0.15) is 5.10 Å². The number of benzene rings is 2. The molecule has 2 aromatic carbocycles. The molecule has 4 nitrogen and oxygen atoms in total. The fourth-order valence-corrected chi connectivity index (χ4v) is 3.16. The molecule has 0 fully saturated rings. The topological polar surface area (TPSA) is 46.4 Å². The number of nitrogens with one attached hydrogen (secondary N) is 1. The Bertz CT molecular complexity index is 894. The molecular formula is C21H23N3O. The lowest BCUT2D eigenvalue weighted by molar-refractivity contribution is -0.121. The number of amides is 1. The van der Waals surface area contributed by atoms with E-state index in [0.717, 1.165) is 35.2 Å². The number of aromatic nitrogens is 1. The minimum atomic E-state index is -0.0722. The van der Waals surface area contributed by atoms with Gasteiger partial charge in [-0.25, -0.2) is 5.43 Å². The summed E-state index contributed by atoms with van der Waals surface area (Å²) in [5.41, 5.74) is 7.21. The molecule has 1 heterocycles. The van der Waals surface area contributed by atoms with Crippen LogP contribution in [0, 0.1) is 6.92 Å². The summed E-state index contributed by atoms with van der Waals surface area (Å²) < 4.78 is 2.26. The van der Waals surface area contributed by atoms with Gasteiger partial charge in [0.05, 0.1) is 6.21 Å². The van der Waals surface area contributed by atoms with Gasteiger partial charge in [0, 0.05) is 35.1 Å². The van der Waals surface area contributed by atoms with Crippen LogP contribution in [0.1, 0.15) is 30.2 Å². The number of nitrogens with zero attached hydrogens (tertiary/aromatic N) is 2. The molecule has 4 heteroatoms. The third-order valence-corrected chi connectivity index (χ3v) is 4.46. The van der Waals surface area contributed by atoms with Crippen molar-refractivity contribution in [2.24, 2.45) is 5.10 Å². The van der Waals surface area contributed by atoms with Crippen molar-refractivity contribution in [3.63, 3.8) is 0 Å². The van der Waals surface area contributed by atoms with Crippen LogP contribution in [0.3, 0.4) is 0 Å². The zero-order chi connectivity index (χ0) is 17.6. The van der Waals surface area contributed by atoms with Crippen molar-refractivity contribution in [2.75, 3.05) is 0 Å². The van der Waals surface area contributed by atoms with Crippen molar-refractivity contribution in [1.82, 2.24) is 9.99 Å². The maximum absolute atomic E-state index is 12.0. The maximum Gasteiger partial charge on any atom is 0.240 e. The van der Waals surface area contributed by atoms with Gasteiger partial charge in [-0.15, -0.1) is 0 Å². The Hall–Kier alpha value is -2.88. The lowest BCUT2D eigenvalue weighted by Gasteiger charge is -2.03. The van der Waals surface area contributed by atoms with Gasteiger partial charge < -0.3 is 4.57 Å². The summed E-state index contributed by atoms with van der Waals surface area (Å²) in [4.78, 5) is 12.0. The van der Waals surface area contributed by atoms with Gasteiger partial charge in [-0.3, -0.25) is 4.79 Å². The number of carbonyl (C=O) groups is 1. The monoisotopic (exact) mass is 333 g/mol. The van der Waals surface area contributed by atoms with E-state index in [1.807, 2.05) is 42.5 Å². The second-order valence-electron chi connectivity index (χ2n) is 6.04. The largest absolute Gasteiger partial charge is 0.344 e. The van der Waals surface area contributed by atoms with E-state index in [-0.39, 0.29) is 5.91 Å². The highest BCUT2D eigenvalue weighted by molar-refractivity contribution is 6.01. The first kappa shape index (κ1) is 17.0. The Morgan fingerprint density at radius 2 is 1.84 bits per heavy atom. The van der Waals surface area contributed by atoms with Gasteiger partial charge in [-0.05, 0) is 31.9 Å². The number of rotatable bonds is 6. The number of hydrazone groups is 1. The third-order valence-electron chi connectivity index (χ3n) is 4.46. The van der Waals surface area contributed by atoms with E-state index in [9.17, 15) is 4.79 Å². The number of hydrogen-bond acceptors (Lipinski definition) is 2. The number of hydrogen-bond donors (Lipinski definition) is 1. The van der Waals surface area contributed by atoms with Crippen molar-refractivity contribution in [3.05, 3.63) is 71.4 Å². The van der Waals surface area contributed by atoms with Crippen LogP contribution in [0.15, 0.2) is 59.7 Å². The predicted molar refractivity (Wildman–Crippen MR) is 103 cm³/mol. The molecular weight excluding hydrogens is 310 g/mol. The number of aryl methyl sites for hydroxylation is 2. The van der Waals surface area contributed by atoms with E-state index >= 15 is 0 Å². The molecule has 1 amide bonds. The molecule has 0 saturated carbocycles. The lowest BCUT2D eigenvalue weighted by atomic mass is 10.1. The fourth-order valence-electron chi connectivity index (χ4n) is 3.16. The molecule has 128 valence electrons. The van der Waals surface area contributed by atoms with E-state index in [1.165, 1.54) is 5.52 Å². The van der Waals surface area contributed by atoms with E-state index in [1.54, 1.807) is 6.21 Å². The van der Waals surface area contributed by atoms with Gasteiger partial charge in [0.15, 0.2) is 0 Å². The molecule has 1 N–H and O–H groups in total. The molecule has 0 saturated heterocycles. The first-order valence-electron chi connectivity index (χ1n) is 8.64. The molecule has 0 radical (unpaired) electrons. The Morgan fingerprint density at radius 1 is 1.12 bits per heavy atom. The molecule has 3 rings (SSSR count). The van der Waals surface area contributed by atoms with Crippen molar-refractivity contribution in [3.8, 4) is 0 Å². The predicted octanol–water partition coefficient (Wildman–Crippen LogP) is 4.05. The highest BCUT2D eigenvalue weighted by Crippen LogP contribution is 2.24. The number of para-hydroxylation sites is 1. The molecule has 0 aliphatic rings. The maximum atomic E-state index is 12.0. The number of carbonyl (C=O) groups excluding carboxylic acids is 1. The molecule has 3 aromatic rings. The Balaban J connectivity index is 1.67. The second kappa shape index (κ2) is 7.79. The standard InChI is InChI=1S/C21H23N3O/c1-3-24-16(2)19(18-11-7-8-12-20(18)24)15-22-23-21(25)14-13-17-9-5-4-6-10-17/h4-12,15H,3,13-14H2,1-2H3,(H,23,25)/b22-15+. The molecule has 0 atom stereocenters. The molecule has 0 spiro atoms. The minimum Gasteiger partial charge on any atom is -0.344 e. The first-order chi connectivity index (χ1) is 12.2. The third kappa shape index (κ3) is 3.79. The van der Waals surface area contributed by atoms with Crippen LogP contribution in [0.2, 0.25) is 0 Å². The SMILES string of the molecule is CCn1c(C)c(/C=N/NC(=O)CCc2ccccc2)c2ccccc21. The smallest absolute Gasteiger partial charge is 0.240 e. The second-order valence-corrected chi connectivity index (χ2v) is 6.04. The summed E-state index contributed by atoms with van der Waals surface area (Å²) in [5.74, 6) is -0.0722. The zero-order valence-electron chi connectivity index (χ0n) is 14.7. The Kier molecular flexibility index (Phi) is 5.29. The summed E-state index contributed by atoms with van der Waals surface area (Å²) >= 11 is 0. The van der Waals surface area contributed by atoms with Crippen molar-refractivity contribution in [1.29, 1.82) is 0 Å². The summed E-state index contributed by atoms with van der Waals surface area (Å²) in [6, 6.07) is 18.3. The first-order valence-corrected chi connectivity index (χ1v) is 8.64. The van der Waals surface area contributed by atoms with Crippen molar-refractivity contribution < 1.29 is 4.79 Å². The molecule has 1 aromatic heterocycles. The normalized spacial score (nSPS) is 11.3. The summed E-state index contributed by atoms with van der Waals surface area (Å²) in [5, 5.41) is 5.33. The van der Waals surface area contributed by atoms with Crippen LogP contribution in [-0.4, -0.2) is 16.7 Å². The summed E-state index contributed by atoms with van der Waals surface area (Å²) in [6.07, 6.45) is 2.90. The van der Waals surface area contributed by atoms with E-state index < -0.39 is 0 Å². The van der Waals surface area contributed by atoms with E-state index in [4.69, 9.17) is 0 Å². The van der Waals surface area contributed by atoms with Gasteiger partial charge >= 0.3 is 0 Å². The Labute approximate surface area is 148 Å². The summed E-state index contributed by atoms with van der Waals surface area (Å²) in [7, 11) is 0. The lowest BCUT2D eigenvalue weighted by Crippen LogP contribution is -2.17. The highest BCUT2D eigenvalue weighted by atomic mass is 16.2. The average molecular weight is 333 g/mol. The summed E-state index contributed by atoms with van der Waals surface area (Å²) in [6.45, 7) is 5.12. The molecule has 0 bridgehead atoms. The zero-order valence-corrected chi connectivity index (χ0v) is 14.7. The van der Waals surface area contributed by atoms with Crippen LogP contribution in [0.25, 0.3) is 10.9 Å². The highest BCUT2D eigenvalue weighted by Gasteiger charge is 2.10. The van der Waals surface area contributed by atoms with Crippen molar-refractivity contribution in [2.45, 2.75) is 33.2 Å².